The Bertz CT molecular complexity index is 911. The molecule has 0 radical (unpaired) electrons. The zero-order chi connectivity index (χ0) is 19.7. The molecule has 0 atom stereocenters. The first-order chi connectivity index (χ1) is 13.5. The molecule has 2 aliphatic rings. The van der Waals surface area contributed by atoms with Crippen molar-refractivity contribution in [3.63, 3.8) is 0 Å². The summed E-state index contributed by atoms with van der Waals surface area (Å²) in [5.74, 6) is -0.166. The number of nitrogens with one attached hydrogen (secondary N) is 1. The minimum Gasteiger partial charge on any atom is -0.325 e. The van der Waals surface area contributed by atoms with Crippen LogP contribution in [0.25, 0.3) is 0 Å². The van der Waals surface area contributed by atoms with Crippen molar-refractivity contribution in [1.82, 2.24) is 14.8 Å². The van der Waals surface area contributed by atoms with Crippen molar-refractivity contribution in [3.05, 3.63) is 42.1 Å². The second kappa shape index (κ2) is 7.90. The topological polar surface area (TPSA) is 68.8 Å². The van der Waals surface area contributed by atoms with Gasteiger partial charge in [0.1, 0.15) is 5.03 Å². The average molecular weight is 398 g/mol. The number of hydrogen-bond acceptors (Lipinski definition) is 6. The van der Waals surface area contributed by atoms with Gasteiger partial charge in [0, 0.05) is 50.0 Å². The highest BCUT2D eigenvalue weighted by atomic mass is 32.2. The van der Waals surface area contributed by atoms with Gasteiger partial charge in [-0.05, 0) is 37.4 Å². The Kier molecular flexibility index (Phi) is 5.34. The van der Waals surface area contributed by atoms with Gasteiger partial charge in [-0.2, -0.15) is 0 Å². The molecule has 0 spiro atoms. The molecule has 3 heterocycles. The van der Waals surface area contributed by atoms with E-state index in [0.29, 0.717) is 17.8 Å². The molecular formula is C20H23N5O2S. The normalized spacial score (nSPS) is 17.6. The van der Waals surface area contributed by atoms with Gasteiger partial charge in [-0.25, -0.2) is 4.98 Å². The van der Waals surface area contributed by atoms with Gasteiger partial charge in [0.25, 0.3) is 5.91 Å². The molecule has 1 aromatic heterocycles. The molecule has 1 fully saturated rings. The van der Waals surface area contributed by atoms with Crippen molar-refractivity contribution in [2.45, 2.75) is 9.92 Å². The largest absolute Gasteiger partial charge is 0.325 e. The van der Waals surface area contributed by atoms with Crippen molar-refractivity contribution in [1.29, 1.82) is 0 Å². The SMILES string of the molecule is CN1CCN(CC(=O)Nc2ccc3c(c2)C(=O)N(C)c2cccnc2S3)CC1. The van der Waals surface area contributed by atoms with E-state index in [0.717, 1.165) is 41.8 Å². The van der Waals surface area contributed by atoms with Gasteiger partial charge < -0.3 is 15.1 Å². The molecule has 4 rings (SSSR count). The van der Waals surface area contributed by atoms with Gasteiger partial charge in [-0.3, -0.25) is 14.5 Å². The Labute approximate surface area is 168 Å². The van der Waals surface area contributed by atoms with Crippen LogP contribution in [0.2, 0.25) is 0 Å². The van der Waals surface area contributed by atoms with Crippen LogP contribution in [0.15, 0.2) is 46.5 Å². The number of hydrogen-bond donors (Lipinski definition) is 1. The van der Waals surface area contributed by atoms with E-state index in [9.17, 15) is 9.59 Å². The second-order valence-corrected chi connectivity index (χ2v) is 8.16. The first-order valence-electron chi connectivity index (χ1n) is 9.27. The second-order valence-electron chi connectivity index (χ2n) is 7.13. The predicted molar refractivity (Wildman–Crippen MR) is 110 cm³/mol. The van der Waals surface area contributed by atoms with E-state index in [2.05, 4.69) is 27.1 Å². The van der Waals surface area contributed by atoms with Crippen LogP contribution in [0.3, 0.4) is 0 Å². The monoisotopic (exact) mass is 397 g/mol. The van der Waals surface area contributed by atoms with E-state index in [1.165, 1.54) is 11.8 Å². The van der Waals surface area contributed by atoms with E-state index < -0.39 is 0 Å². The molecule has 7 nitrogen and oxygen atoms in total. The summed E-state index contributed by atoms with van der Waals surface area (Å²) in [5.41, 5.74) is 2.00. The van der Waals surface area contributed by atoms with E-state index in [1.807, 2.05) is 24.3 Å². The van der Waals surface area contributed by atoms with Crippen LogP contribution in [0.1, 0.15) is 10.4 Å². The van der Waals surface area contributed by atoms with Crippen LogP contribution in [0.4, 0.5) is 11.4 Å². The lowest BCUT2D eigenvalue weighted by Crippen LogP contribution is -2.47. The van der Waals surface area contributed by atoms with Gasteiger partial charge in [0.15, 0.2) is 0 Å². The summed E-state index contributed by atoms with van der Waals surface area (Å²) in [6.45, 7) is 4.08. The van der Waals surface area contributed by atoms with Gasteiger partial charge in [-0.15, -0.1) is 0 Å². The van der Waals surface area contributed by atoms with Crippen LogP contribution in [-0.4, -0.2) is 73.4 Å². The number of carbonyl (C=O) groups is 2. The minimum atomic E-state index is -0.107. The van der Waals surface area contributed by atoms with Crippen LogP contribution in [0.5, 0.6) is 0 Å². The fraction of sp³-hybridized carbons (Fsp3) is 0.350. The van der Waals surface area contributed by atoms with Crippen molar-refractivity contribution in [3.8, 4) is 0 Å². The maximum atomic E-state index is 12.9. The molecule has 0 saturated carbocycles. The van der Waals surface area contributed by atoms with Crippen LogP contribution in [-0.2, 0) is 4.79 Å². The quantitative estimate of drug-likeness (QED) is 0.855. The molecule has 2 aliphatic heterocycles. The number of nitrogens with zero attached hydrogens (tertiary/aromatic N) is 4. The molecule has 146 valence electrons. The molecule has 1 N–H and O–H groups in total. The molecule has 0 bridgehead atoms. The number of carbonyl (C=O) groups excluding carboxylic acids is 2. The maximum Gasteiger partial charge on any atom is 0.259 e. The van der Waals surface area contributed by atoms with Crippen molar-refractivity contribution < 1.29 is 9.59 Å². The van der Waals surface area contributed by atoms with E-state index in [-0.39, 0.29) is 11.8 Å². The average Bonchev–Trinajstić information content (AvgIpc) is 2.79. The molecule has 28 heavy (non-hydrogen) atoms. The number of fused-ring (bicyclic) bond motifs is 2. The number of rotatable bonds is 3. The molecule has 0 unspecified atom stereocenters. The minimum absolute atomic E-state index is 0.0588. The number of amides is 2. The lowest BCUT2D eigenvalue weighted by Gasteiger charge is -2.31. The Hall–Kier alpha value is -2.42. The van der Waals surface area contributed by atoms with Crippen molar-refractivity contribution in [2.24, 2.45) is 0 Å². The van der Waals surface area contributed by atoms with Crippen LogP contribution < -0.4 is 10.2 Å². The Morgan fingerprint density at radius 2 is 1.96 bits per heavy atom. The van der Waals surface area contributed by atoms with Gasteiger partial charge in [0.05, 0.1) is 17.8 Å². The standard InChI is InChI=1S/C20H23N5O2S/c1-23-8-10-25(11-9-23)13-18(26)22-14-5-6-17-15(12-14)20(27)24(2)16-4-3-7-21-19(16)28-17/h3-7,12H,8-11,13H2,1-2H3,(H,22,26). The third-order valence-corrected chi connectivity index (χ3v) is 6.16. The molecule has 8 heteroatoms. The Balaban J connectivity index is 1.50. The van der Waals surface area contributed by atoms with E-state index in [4.69, 9.17) is 0 Å². The summed E-state index contributed by atoms with van der Waals surface area (Å²) in [7, 11) is 3.84. The van der Waals surface area contributed by atoms with Gasteiger partial charge in [0.2, 0.25) is 5.91 Å². The summed E-state index contributed by atoms with van der Waals surface area (Å²) in [4.78, 5) is 36.6. The number of pyridine rings is 1. The molecule has 0 aliphatic carbocycles. The Morgan fingerprint density at radius 1 is 1.18 bits per heavy atom. The highest BCUT2D eigenvalue weighted by Gasteiger charge is 2.26. The third-order valence-electron chi connectivity index (χ3n) is 5.08. The highest BCUT2D eigenvalue weighted by molar-refractivity contribution is 7.99. The lowest BCUT2D eigenvalue weighted by molar-refractivity contribution is -0.117. The molecule has 1 saturated heterocycles. The summed E-state index contributed by atoms with van der Waals surface area (Å²) >= 11 is 1.47. The van der Waals surface area contributed by atoms with Crippen molar-refractivity contribution >= 4 is 35.0 Å². The van der Waals surface area contributed by atoms with E-state index >= 15 is 0 Å². The molecule has 1 aromatic carbocycles. The number of benzene rings is 1. The highest BCUT2D eigenvalue weighted by Crippen LogP contribution is 2.40. The zero-order valence-corrected chi connectivity index (χ0v) is 16.8. The summed E-state index contributed by atoms with van der Waals surface area (Å²) in [6.07, 6.45) is 1.72. The van der Waals surface area contributed by atoms with Gasteiger partial charge >= 0.3 is 0 Å². The zero-order valence-electron chi connectivity index (χ0n) is 16.0. The summed E-state index contributed by atoms with van der Waals surface area (Å²) in [5, 5.41) is 3.73. The maximum absolute atomic E-state index is 12.9. The number of piperazine rings is 1. The third kappa shape index (κ3) is 3.89. The predicted octanol–water partition coefficient (Wildman–Crippen LogP) is 2.01. The molecule has 2 aromatic rings. The fourth-order valence-corrected chi connectivity index (χ4v) is 4.41. The number of aromatic nitrogens is 1. The first-order valence-corrected chi connectivity index (χ1v) is 10.1. The molecular weight excluding hydrogens is 374 g/mol. The van der Waals surface area contributed by atoms with Gasteiger partial charge in [-0.1, -0.05) is 11.8 Å². The first kappa shape index (κ1) is 18.9. The summed E-state index contributed by atoms with van der Waals surface area (Å²) < 4.78 is 0. The molecule has 2 amide bonds. The lowest BCUT2D eigenvalue weighted by atomic mass is 10.1. The van der Waals surface area contributed by atoms with Crippen molar-refractivity contribution in [2.75, 3.05) is 57.0 Å². The van der Waals surface area contributed by atoms with E-state index in [1.54, 1.807) is 24.2 Å². The van der Waals surface area contributed by atoms with Crippen LogP contribution in [0, 0.1) is 0 Å². The smallest absolute Gasteiger partial charge is 0.259 e. The number of likely N-dealkylation sites (N-methyl/N-ethyl adjacent to an activating group) is 1. The summed E-state index contributed by atoms with van der Waals surface area (Å²) in [6, 6.07) is 9.19. The fourth-order valence-electron chi connectivity index (χ4n) is 3.38. The Morgan fingerprint density at radius 3 is 2.75 bits per heavy atom. The number of anilines is 2. The van der Waals surface area contributed by atoms with Crippen LogP contribution >= 0.6 is 11.8 Å².